The van der Waals surface area contributed by atoms with Gasteiger partial charge in [0.1, 0.15) is 11.5 Å². The number of nitro benzene ring substituents is 1. The van der Waals surface area contributed by atoms with Crippen molar-refractivity contribution in [1.82, 2.24) is 0 Å². The highest BCUT2D eigenvalue weighted by atomic mass is 127. The van der Waals surface area contributed by atoms with Crippen LogP contribution in [0.5, 0.6) is 0 Å². The third-order valence-corrected chi connectivity index (χ3v) is 5.78. The molecule has 1 aliphatic carbocycles. The number of rotatable bonds is 5. The summed E-state index contributed by atoms with van der Waals surface area (Å²) in [6, 6.07) is 2.48. The van der Waals surface area contributed by atoms with Crippen molar-refractivity contribution in [3.05, 3.63) is 31.6 Å². The lowest BCUT2D eigenvalue weighted by Gasteiger charge is -2.40. The van der Waals surface area contributed by atoms with E-state index in [4.69, 9.17) is 0 Å². The largest absolute Gasteiger partial charge is 0.378 e. The fraction of sp³-hybridized carbons (Fsp3) is 0.500. The van der Waals surface area contributed by atoms with Gasteiger partial charge in [-0.1, -0.05) is 6.42 Å². The quantitative estimate of drug-likeness (QED) is 0.464. The molecule has 0 spiro atoms. The number of thioether (sulfide) groups is 1. The zero-order valence-corrected chi connectivity index (χ0v) is 13.4. The molecule has 0 heterocycles. The Hall–Kier alpha value is -0.570. The molecule has 1 aromatic carbocycles. The molecule has 2 rings (SSSR count). The monoisotopic (exact) mass is 396 g/mol. The van der Waals surface area contributed by atoms with Crippen molar-refractivity contribution in [2.75, 3.05) is 18.1 Å². The van der Waals surface area contributed by atoms with Crippen LogP contribution in [0.1, 0.15) is 19.3 Å². The van der Waals surface area contributed by atoms with E-state index in [0.717, 1.165) is 12.8 Å². The number of hydrogen-bond donors (Lipinski definition) is 1. The number of nitrogens with one attached hydrogen (secondary N) is 1. The average Bonchev–Trinajstić information content (AvgIpc) is 2.32. The highest BCUT2D eigenvalue weighted by molar-refractivity contribution is 14.1. The Bertz CT molecular complexity index is 503. The zero-order valence-electron chi connectivity index (χ0n) is 10.4. The fourth-order valence-corrected chi connectivity index (χ4v) is 3.47. The molecule has 0 radical (unpaired) electrons. The number of hydrogen-bond acceptors (Lipinski definition) is 4. The molecule has 7 heteroatoms. The van der Waals surface area contributed by atoms with Gasteiger partial charge in [-0.3, -0.25) is 10.1 Å². The summed E-state index contributed by atoms with van der Waals surface area (Å²) in [5.74, 6) is -0.430. The second kappa shape index (κ2) is 5.82. The van der Waals surface area contributed by atoms with E-state index in [-0.39, 0.29) is 19.7 Å². The maximum absolute atomic E-state index is 13.5. The summed E-state index contributed by atoms with van der Waals surface area (Å²) >= 11 is 3.53. The van der Waals surface area contributed by atoms with E-state index in [1.54, 1.807) is 34.4 Å². The summed E-state index contributed by atoms with van der Waals surface area (Å²) in [6.45, 7) is 0.634. The molecule has 0 unspecified atom stereocenters. The van der Waals surface area contributed by atoms with Crippen molar-refractivity contribution >= 4 is 45.7 Å². The third kappa shape index (κ3) is 3.13. The van der Waals surface area contributed by atoms with Crippen LogP contribution in [0.2, 0.25) is 0 Å². The maximum atomic E-state index is 13.5. The van der Waals surface area contributed by atoms with Crippen LogP contribution in [-0.2, 0) is 0 Å². The first-order valence-electron chi connectivity index (χ1n) is 5.90. The van der Waals surface area contributed by atoms with E-state index in [9.17, 15) is 14.5 Å². The minimum absolute atomic E-state index is 0.0682. The van der Waals surface area contributed by atoms with Gasteiger partial charge in [-0.05, 0) is 41.7 Å². The topological polar surface area (TPSA) is 55.2 Å². The van der Waals surface area contributed by atoms with Crippen LogP contribution in [0, 0.1) is 19.5 Å². The van der Waals surface area contributed by atoms with Gasteiger partial charge in [0.2, 0.25) is 0 Å². The lowest BCUT2D eigenvalue weighted by Crippen LogP contribution is -2.40. The molecule has 19 heavy (non-hydrogen) atoms. The first kappa shape index (κ1) is 14.8. The summed E-state index contributed by atoms with van der Waals surface area (Å²) in [5.41, 5.74) is 0.199. The van der Waals surface area contributed by atoms with Crippen molar-refractivity contribution < 1.29 is 9.31 Å². The number of anilines is 1. The maximum Gasteiger partial charge on any atom is 0.293 e. The van der Waals surface area contributed by atoms with Gasteiger partial charge >= 0.3 is 0 Å². The Balaban J connectivity index is 2.19. The minimum atomic E-state index is -0.476. The van der Waals surface area contributed by atoms with Gasteiger partial charge in [-0.25, -0.2) is 4.39 Å². The van der Waals surface area contributed by atoms with Crippen molar-refractivity contribution in [2.24, 2.45) is 0 Å². The molecule has 1 saturated carbocycles. The number of nitrogens with zero attached hydrogens (tertiary/aromatic N) is 1. The van der Waals surface area contributed by atoms with Crippen LogP contribution in [0.3, 0.4) is 0 Å². The Morgan fingerprint density at radius 3 is 2.74 bits per heavy atom. The van der Waals surface area contributed by atoms with Gasteiger partial charge in [0.25, 0.3) is 5.69 Å². The summed E-state index contributed by atoms with van der Waals surface area (Å²) in [6.07, 6.45) is 5.43. The Morgan fingerprint density at radius 1 is 1.58 bits per heavy atom. The molecule has 0 bridgehead atoms. The number of halogens is 2. The van der Waals surface area contributed by atoms with Crippen LogP contribution in [0.15, 0.2) is 12.1 Å². The van der Waals surface area contributed by atoms with E-state index in [2.05, 4.69) is 5.32 Å². The molecule has 104 valence electrons. The van der Waals surface area contributed by atoms with E-state index in [1.165, 1.54) is 18.6 Å². The van der Waals surface area contributed by atoms with E-state index in [0.29, 0.717) is 6.54 Å². The second-order valence-electron chi connectivity index (χ2n) is 4.63. The van der Waals surface area contributed by atoms with E-state index >= 15 is 0 Å². The van der Waals surface area contributed by atoms with Crippen LogP contribution in [0.25, 0.3) is 0 Å². The lowest BCUT2D eigenvalue weighted by molar-refractivity contribution is -0.384. The Labute approximate surface area is 128 Å². The van der Waals surface area contributed by atoms with Gasteiger partial charge < -0.3 is 5.32 Å². The normalized spacial score (nSPS) is 16.8. The molecule has 0 saturated heterocycles. The van der Waals surface area contributed by atoms with Crippen molar-refractivity contribution in [3.8, 4) is 0 Å². The predicted molar refractivity (Wildman–Crippen MR) is 84.4 cm³/mol. The molecule has 1 aromatic rings. The zero-order chi connectivity index (χ0) is 14.0. The smallest absolute Gasteiger partial charge is 0.293 e. The van der Waals surface area contributed by atoms with Crippen LogP contribution < -0.4 is 5.32 Å². The minimum Gasteiger partial charge on any atom is -0.378 e. The van der Waals surface area contributed by atoms with Gasteiger partial charge in [-0.15, -0.1) is 0 Å². The molecule has 0 atom stereocenters. The summed E-state index contributed by atoms with van der Waals surface area (Å²) in [7, 11) is 0. The van der Waals surface area contributed by atoms with Gasteiger partial charge in [0.05, 0.1) is 8.49 Å². The summed E-state index contributed by atoms with van der Waals surface area (Å²) in [5, 5.41) is 14.0. The lowest BCUT2D eigenvalue weighted by atomic mass is 9.84. The van der Waals surface area contributed by atoms with Crippen LogP contribution in [-0.4, -0.2) is 22.5 Å². The highest BCUT2D eigenvalue weighted by Crippen LogP contribution is 2.43. The average molecular weight is 396 g/mol. The molecule has 0 aromatic heterocycles. The summed E-state index contributed by atoms with van der Waals surface area (Å²) in [4.78, 5) is 10.5. The van der Waals surface area contributed by atoms with Crippen molar-refractivity contribution in [3.63, 3.8) is 0 Å². The number of benzene rings is 1. The molecule has 1 N–H and O–H groups in total. The first-order chi connectivity index (χ1) is 8.97. The third-order valence-electron chi connectivity index (χ3n) is 3.53. The van der Waals surface area contributed by atoms with Gasteiger partial charge in [0, 0.05) is 23.4 Å². The molecular weight excluding hydrogens is 382 g/mol. The fourth-order valence-electron chi connectivity index (χ4n) is 2.11. The first-order valence-corrected chi connectivity index (χ1v) is 8.20. The predicted octanol–water partition coefficient (Wildman–Crippen LogP) is 4.04. The van der Waals surface area contributed by atoms with Crippen molar-refractivity contribution in [1.29, 1.82) is 0 Å². The molecular formula is C12H14FIN2O2S. The highest BCUT2D eigenvalue weighted by Gasteiger charge is 2.36. The van der Waals surface area contributed by atoms with E-state index < -0.39 is 10.7 Å². The molecule has 1 fully saturated rings. The van der Waals surface area contributed by atoms with E-state index in [1.807, 2.05) is 6.26 Å². The standard InChI is InChI=1S/C12H14FIN2O2S/c1-19-12(3-2-4-12)7-15-10-5-8(13)9(14)6-11(10)16(17)18/h5-6,15H,2-4,7H2,1H3. The Kier molecular flexibility index (Phi) is 4.54. The number of nitro groups is 1. The Morgan fingerprint density at radius 2 is 2.26 bits per heavy atom. The SMILES string of the molecule is CSC1(CNc2cc(F)c(I)cc2[N+](=O)[O-])CCC1. The molecule has 4 nitrogen and oxygen atoms in total. The molecule has 1 aliphatic rings. The second-order valence-corrected chi connectivity index (χ2v) is 7.07. The van der Waals surface area contributed by atoms with Gasteiger partial charge in [0.15, 0.2) is 0 Å². The summed E-state index contributed by atoms with van der Waals surface area (Å²) < 4.78 is 14.0. The molecule has 0 amide bonds. The van der Waals surface area contributed by atoms with Crippen LogP contribution in [0.4, 0.5) is 15.8 Å². The van der Waals surface area contributed by atoms with Crippen LogP contribution >= 0.6 is 34.4 Å². The van der Waals surface area contributed by atoms with Crippen molar-refractivity contribution in [2.45, 2.75) is 24.0 Å². The van der Waals surface area contributed by atoms with Gasteiger partial charge in [-0.2, -0.15) is 11.8 Å². The molecule has 0 aliphatic heterocycles.